The molecule has 4 aliphatic rings. The standard InChI is InChI=1S/C20H21FN4O2.C20H19FN4O2.CH4O.CH4/c2*21-17-2-3-18-15(7-10-27-18)14(17)1-4-19-22-11-16(13-5-8-26-9-6-13)20-24-23-12-25(19)20;1-2;/h2-3,11-13H,1,4-10H2;2-3,5,11-12H,1,4,6-10H2;2H,1H3;1H4. The number of hydrogen-bond donors (Lipinski definition) is 1. The van der Waals surface area contributed by atoms with E-state index in [1.54, 1.807) is 24.8 Å². The molecular formula is C42H48F2N8O5. The van der Waals surface area contributed by atoms with Crippen LogP contribution in [0.15, 0.2) is 55.4 Å². The Bertz CT molecular complexity index is 2360. The zero-order valence-electron chi connectivity index (χ0n) is 31.3. The van der Waals surface area contributed by atoms with E-state index in [0.717, 1.165) is 120 Å². The molecule has 1 saturated heterocycles. The van der Waals surface area contributed by atoms with Gasteiger partial charge in [0.1, 0.15) is 47.4 Å². The third-order valence-corrected chi connectivity index (χ3v) is 10.9. The second-order valence-corrected chi connectivity index (χ2v) is 13.9. The summed E-state index contributed by atoms with van der Waals surface area (Å²) in [6.07, 6.45) is 15.9. The molecular weight excluding hydrogens is 735 g/mol. The average molecular weight is 783 g/mol. The number of hydrogen-bond acceptors (Lipinski definition) is 11. The predicted octanol–water partition coefficient (Wildman–Crippen LogP) is 5.91. The summed E-state index contributed by atoms with van der Waals surface area (Å²) in [5.74, 6) is 3.34. The number of aliphatic hydroxyl groups excluding tert-OH is 1. The molecule has 1 fully saturated rings. The van der Waals surface area contributed by atoms with Crippen molar-refractivity contribution in [2.75, 3.05) is 46.8 Å². The Balaban J connectivity index is 0.000000164. The highest BCUT2D eigenvalue weighted by molar-refractivity contribution is 5.75. The van der Waals surface area contributed by atoms with Gasteiger partial charge in [0.15, 0.2) is 11.3 Å². The maximum absolute atomic E-state index is 14.4. The largest absolute Gasteiger partial charge is 0.493 e. The number of halogens is 2. The van der Waals surface area contributed by atoms with E-state index in [4.69, 9.17) is 24.1 Å². The van der Waals surface area contributed by atoms with E-state index >= 15 is 0 Å². The van der Waals surface area contributed by atoms with Crippen LogP contribution in [-0.2, 0) is 48.0 Å². The van der Waals surface area contributed by atoms with Gasteiger partial charge in [0, 0.05) is 80.7 Å². The van der Waals surface area contributed by atoms with Gasteiger partial charge in [0.25, 0.3) is 0 Å². The van der Waals surface area contributed by atoms with E-state index in [1.165, 1.54) is 17.7 Å². The minimum absolute atomic E-state index is 0. The Hall–Kier alpha value is -5.38. The Morgan fingerprint density at radius 3 is 1.86 bits per heavy atom. The normalized spacial score (nSPS) is 16.0. The van der Waals surface area contributed by atoms with E-state index in [0.29, 0.717) is 58.0 Å². The molecule has 0 atom stereocenters. The number of aliphatic hydroxyl groups is 1. The summed E-state index contributed by atoms with van der Waals surface area (Å²) in [5.41, 5.74) is 8.38. The van der Waals surface area contributed by atoms with Crippen molar-refractivity contribution in [1.29, 1.82) is 0 Å². The predicted molar refractivity (Wildman–Crippen MR) is 209 cm³/mol. The summed E-state index contributed by atoms with van der Waals surface area (Å²) in [4.78, 5) is 9.32. The molecule has 57 heavy (non-hydrogen) atoms. The zero-order chi connectivity index (χ0) is 38.4. The molecule has 0 saturated carbocycles. The fourth-order valence-electron chi connectivity index (χ4n) is 8.06. The minimum Gasteiger partial charge on any atom is -0.493 e. The third-order valence-electron chi connectivity index (χ3n) is 10.9. The van der Waals surface area contributed by atoms with Crippen molar-refractivity contribution >= 4 is 16.9 Å². The van der Waals surface area contributed by atoms with Gasteiger partial charge in [-0.05, 0) is 79.0 Å². The van der Waals surface area contributed by atoms with E-state index in [1.807, 2.05) is 21.2 Å². The SMILES string of the molecule is C.CO.Fc1ccc2c(c1CCc1ncc(C3=CCOCC3)c3nncn13)CCO2.Fc1ccc2c(c1CCc1ncc(C3CCOCC3)c3nncn13)CCO2. The molecule has 0 unspecified atom stereocenters. The van der Waals surface area contributed by atoms with Gasteiger partial charge in [-0.2, -0.15) is 0 Å². The number of ether oxygens (including phenoxy) is 4. The van der Waals surface area contributed by atoms with Crippen molar-refractivity contribution in [3.8, 4) is 11.5 Å². The van der Waals surface area contributed by atoms with E-state index in [2.05, 4.69) is 36.4 Å². The van der Waals surface area contributed by atoms with Crippen LogP contribution in [0.4, 0.5) is 8.78 Å². The average Bonchev–Trinajstić information content (AvgIpc) is 4.09. The first-order valence-electron chi connectivity index (χ1n) is 19.1. The van der Waals surface area contributed by atoms with Gasteiger partial charge < -0.3 is 24.1 Å². The summed E-state index contributed by atoms with van der Waals surface area (Å²) in [6, 6.07) is 6.42. The minimum atomic E-state index is -0.178. The first-order chi connectivity index (χ1) is 27.6. The fraction of sp³-hybridized carbons (Fsp3) is 0.429. The molecule has 15 heteroatoms. The fourth-order valence-corrected chi connectivity index (χ4v) is 8.06. The quantitative estimate of drug-likeness (QED) is 0.197. The molecule has 10 rings (SSSR count). The summed E-state index contributed by atoms with van der Waals surface area (Å²) in [6.45, 7) is 4.10. The van der Waals surface area contributed by atoms with Gasteiger partial charge in [-0.25, -0.2) is 18.7 Å². The van der Waals surface area contributed by atoms with Gasteiger partial charge in [-0.1, -0.05) is 13.5 Å². The Morgan fingerprint density at radius 2 is 1.26 bits per heavy atom. The van der Waals surface area contributed by atoms with Crippen molar-refractivity contribution in [3.63, 3.8) is 0 Å². The van der Waals surface area contributed by atoms with Gasteiger partial charge in [-0.15, -0.1) is 20.4 Å². The molecule has 2 aromatic carbocycles. The van der Waals surface area contributed by atoms with Crippen LogP contribution in [0, 0.1) is 11.6 Å². The number of aryl methyl sites for hydroxylation is 2. The summed E-state index contributed by atoms with van der Waals surface area (Å²) in [5, 5.41) is 23.8. The van der Waals surface area contributed by atoms with Crippen molar-refractivity contribution in [3.05, 3.63) is 112 Å². The second-order valence-electron chi connectivity index (χ2n) is 13.9. The van der Waals surface area contributed by atoms with E-state index in [9.17, 15) is 8.78 Å². The van der Waals surface area contributed by atoms with Gasteiger partial charge in [0.05, 0.1) is 26.4 Å². The van der Waals surface area contributed by atoms with E-state index < -0.39 is 0 Å². The number of nitrogens with zero attached hydrogens (tertiary/aromatic N) is 8. The molecule has 0 aliphatic carbocycles. The molecule has 4 aliphatic heterocycles. The lowest BCUT2D eigenvalue weighted by Gasteiger charge is -2.22. The summed E-state index contributed by atoms with van der Waals surface area (Å²) < 4.78 is 54.6. The lowest BCUT2D eigenvalue weighted by molar-refractivity contribution is 0.0854. The van der Waals surface area contributed by atoms with Crippen LogP contribution in [0.3, 0.4) is 0 Å². The highest BCUT2D eigenvalue weighted by atomic mass is 19.1. The summed E-state index contributed by atoms with van der Waals surface area (Å²) in [7, 11) is 1.00. The maximum Gasteiger partial charge on any atom is 0.171 e. The molecule has 1 N–H and O–H groups in total. The summed E-state index contributed by atoms with van der Waals surface area (Å²) >= 11 is 0. The lowest BCUT2D eigenvalue weighted by atomic mass is 9.93. The maximum atomic E-state index is 14.4. The highest BCUT2D eigenvalue weighted by Crippen LogP contribution is 2.33. The van der Waals surface area contributed by atoms with Crippen molar-refractivity contribution in [1.82, 2.24) is 39.2 Å². The Morgan fingerprint density at radius 1 is 0.684 bits per heavy atom. The first kappa shape index (κ1) is 39.8. The smallest absolute Gasteiger partial charge is 0.171 e. The third kappa shape index (κ3) is 8.22. The number of aromatic nitrogens is 8. The van der Waals surface area contributed by atoms with Crippen molar-refractivity contribution in [2.24, 2.45) is 0 Å². The molecule has 0 bridgehead atoms. The number of rotatable bonds is 8. The van der Waals surface area contributed by atoms with Crippen LogP contribution in [0.1, 0.15) is 77.6 Å². The van der Waals surface area contributed by atoms with Crippen LogP contribution in [0.2, 0.25) is 0 Å². The Labute approximate surface area is 329 Å². The molecule has 4 aromatic heterocycles. The lowest BCUT2D eigenvalue weighted by Crippen LogP contribution is -2.16. The Kier molecular flexibility index (Phi) is 12.8. The second kappa shape index (κ2) is 18.3. The molecule has 13 nitrogen and oxygen atoms in total. The van der Waals surface area contributed by atoms with Gasteiger partial charge >= 0.3 is 0 Å². The van der Waals surface area contributed by atoms with Crippen LogP contribution >= 0.6 is 0 Å². The molecule has 300 valence electrons. The van der Waals surface area contributed by atoms with Gasteiger partial charge in [-0.3, -0.25) is 8.80 Å². The molecule has 8 heterocycles. The van der Waals surface area contributed by atoms with Crippen LogP contribution < -0.4 is 9.47 Å². The van der Waals surface area contributed by atoms with Crippen molar-refractivity contribution in [2.45, 2.75) is 71.1 Å². The molecule has 6 aromatic rings. The molecule has 0 radical (unpaired) electrons. The highest BCUT2D eigenvalue weighted by Gasteiger charge is 2.24. The van der Waals surface area contributed by atoms with Crippen molar-refractivity contribution < 1.29 is 32.8 Å². The monoisotopic (exact) mass is 782 g/mol. The molecule has 0 amide bonds. The van der Waals surface area contributed by atoms with Gasteiger partial charge in [0.2, 0.25) is 0 Å². The van der Waals surface area contributed by atoms with Crippen LogP contribution in [-0.4, -0.2) is 91.0 Å². The molecule has 0 spiro atoms. The van der Waals surface area contributed by atoms with E-state index in [-0.39, 0.29) is 19.1 Å². The number of fused-ring (bicyclic) bond motifs is 4. The van der Waals surface area contributed by atoms with Crippen LogP contribution in [0.5, 0.6) is 11.5 Å². The topological polar surface area (TPSA) is 143 Å². The number of benzene rings is 2. The van der Waals surface area contributed by atoms with Crippen LogP contribution in [0.25, 0.3) is 16.9 Å². The zero-order valence-corrected chi connectivity index (χ0v) is 31.3. The first-order valence-corrected chi connectivity index (χ1v) is 19.1.